The van der Waals surface area contributed by atoms with Crippen LogP contribution in [0.4, 0.5) is 0 Å². The van der Waals surface area contributed by atoms with E-state index in [4.69, 9.17) is 0 Å². The second-order valence-electron chi connectivity index (χ2n) is 2.23. The maximum absolute atomic E-state index is 10.9. The molecule has 0 rings (SSSR count). The molecule has 0 aromatic rings. The smallest absolute Gasteiger partial charge is 0.177 e. The van der Waals surface area contributed by atoms with Crippen LogP contribution >= 0.6 is 0 Å². The Hall–Kier alpha value is -0.900. The van der Waals surface area contributed by atoms with E-state index in [-0.39, 0.29) is 4.91 Å². The molecular weight excluding hydrogens is 162 g/mol. The van der Waals surface area contributed by atoms with Crippen molar-refractivity contribution in [3.63, 3.8) is 0 Å². The van der Waals surface area contributed by atoms with E-state index >= 15 is 0 Å². The first-order valence-electron chi connectivity index (χ1n) is 2.91. The molecule has 0 saturated heterocycles. The van der Waals surface area contributed by atoms with Crippen molar-refractivity contribution in [1.29, 1.82) is 0 Å². The highest BCUT2D eigenvalue weighted by molar-refractivity contribution is 7.94. The molecule has 0 aromatic heterocycles. The largest absolute Gasteiger partial charge is 0.271 e. The molecule has 0 saturated carbocycles. The summed E-state index contributed by atoms with van der Waals surface area (Å²) in [4.78, 5) is 3.50. The molecule has 62 valence electrons. The van der Waals surface area contributed by atoms with Crippen LogP contribution in [0.5, 0.6) is 0 Å². The highest BCUT2D eigenvalue weighted by atomic mass is 32.2. The topological polar surface area (TPSA) is 46.5 Å². The molecule has 0 atom stereocenters. The first-order valence-corrected chi connectivity index (χ1v) is 4.80. The van der Waals surface area contributed by atoms with Crippen LogP contribution in [0.3, 0.4) is 0 Å². The summed E-state index contributed by atoms with van der Waals surface area (Å²) in [5.41, 5.74) is 0.472. The van der Waals surface area contributed by atoms with Crippen LogP contribution in [0.15, 0.2) is 28.2 Å². The van der Waals surface area contributed by atoms with Crippen molar-refractivity contribution in [2.45, 2.75) is 6.92 Å². The summed E-state index contributed by atoms with van der Waals surface area (Å²) in [5.74, 6) is 0. The lowest BCUT2D eigenvalue weighted by molar-refractivity contribution is 0.608. The number of allylic oxidation sites excluding steroid dienone is 1. The Kier molecular flexibility index (Phi) is 3.19. The van der Waals surface area contributed by atoms with Gasteiger partial charge in [-0.05, 0) is 19.2 Å². The van der Waals surface area contributed by atoms with E-state index in [0.717, 1.165) is 6.26 Å². The minimum atomic E-state index is -3.20. The second kappa shape index (κ2) is 3.48. The maximum Gasteiger partial charge on any atom is 0.177 e. The molecule has 4 heteroatoms. The number of aliphatic imine (C=N–C) groups is 1. The Morgan fingerprint density at radius 2 is 2.00 bits per heavy atom. The van der Waals surface area contributed by atoms with Crippen molar-refractivity contribution in [1.82, 2.24) is 0 Å². The molecule has 0 radical (unpaired) electrons. The summed E-state index contributed by atoms with van der Waals surface area (Å²) in [6, 6.07) is 0. The van der Waals surface area contributed by atoms with Crippen LogP contribution in [0.2, 0.25) is 0 Å². The van der Waals surface area contributed by atoms with Crippen molar-refractivity contribution in [2.75, 3.05) is 6.26 Å². The van der Waals surface area contributed by atoms with Crippen LogP contribution in [-0.2, 0) is 9.84 Å². The summed E-state index contributed by atoms with van der Waals surface area (Å²) in [5, 5.41) is 0. The summed E-state index contributed by atoms with van der Waals surface area (Å²) in [7, 11) is -3.20. The molecule has 0 heterocycles. The molecule has 0 N–H and O–H groups in total. The van der Waals surface area contributed by atoms with E-state index in [1.807, 2.05) is 0 Å². The SMILES string of the molecule is C=N/C=C(\C(=C)C)S(C)(=O)=O. The van der Waals surface area contributed by atoms with Gasteiger partial charge < -0.3 is 0 Å². The van der Waals surface area contributed by atoms with E-state index in [1.165, 1.54) is 6.20 Å². The van der Waals surface area contributed by atoms with Crippen LogP contribution in [0.1, 0.15) is 6.92 Å². The van der Waals surface area contributed by atoms with E-state index in [1.54, 1.807) is 6.92 Å². The molecule has 0 amide bonds. The highest BCUT2D eigenvalue weighted by Gasteiger charge is 2.10. The predicted octanol–water partition coefficient (Wildman–Crippen LogP) is 1.15. The molecule has 0 aliphatic heterocycles. The number of nitrogens with zero attached hydrogens (tertiary/aromatic N) is 1. The van der Waals surface area contributed by atoms with Gasteiger partial charge in [-0.2, -0.15) is 0 Å². The molecular formula is C7H11NO2S. The Balaban J connectivity index is 5.11. The normalized spacial score (nSPS) is 12.7. The lowest BCUT2D eigenvalue weighted by atomic mass is 10.3. The molecule has 3 nitrogen and oxygen atoms in total. The van der Waals surface area contributed by atoms with Gasteiger partial charge >= 0.3 is 0 Å². The fourth-order valence-electron chi connectivity index (χ4n) is 0.605. The summed E-state index contributed by atoms with van der Waals surface area (Å²) in [6.07, 6.45) is 2.30. The first-order chi connectivity index (χ1) is 4.89. The van der Waals surface area contributed by atoms with Gasteiger partial charge in [0.25, 0.3) is 0 Å². The third-order valence-corrected chi connectivity index (χ3v) is 2.28. The fourth-order valence-corrected chi connectivity index (χ4v) is 1.50. The maximum atomic E-state index is 10.9. The Morgan fingerprint density at radius 1 is 1.55 bits per heavy atom. The minimum Gasteiger partial charge on any atom is -0.271 e. The Labute approximate surface area is 67.1 Å². The van der Waals surface area contributed by atoms with Crippen molar-refractivity contribution >= 4 is 16.6 Å². The van der Waals surface area contributed by atoms with Gasteiger partial charge in [-0.3, -0.25) is 4.99 Å². The summed E-state index contributed by atoms with van der Waals surface area (Å²) >= 11 is 0. The molecule has 0 spiro atoms. The fraction of sp³-hybridized carbons (Fsp3) is 0.286. The highest BCUT2D eigenvalue weighted by Crippen LogP contribution is 2.13. The van der Waals surface area contributed by atoms with Gasteiger partial charge in [0.05, 0.1) is 4.91 Å². The van der Waals surface area contributed by atoms with Gasteiger partial charge in [0.1, 0.15) is 0 Å². The summed E-state index contributed by atoms with van der Waals surface area (Å²) < 4.78 is 21.9. The van der Waals surface area contributed by atoms with Crippen LogP contribution in [0.25, 0.3) is 0 Å². The number of hydrogen-bond acceptors (Lipinski definition) is 3. The zero-order chi connectivity index (χ0) is 9.07. The summed E-state index contributed by atoms with van der Waals surface area (Å²) in [6.45, 7) is 8.28. The molecule has 0 aromatic carbocycles. The quantitative estimate of drug-likeness (QED) is 0.474. The lowest BCUT2D eigenvalue weighted by Crippen LogP contribution is -2.01. The van der Waals surface area contributed by atoms with Crippen molar-refractivity contribution < 1.29 is 8.42 Å². The Morgan fingerprint density at radius 3 is 2.09 bits per heavy atom. The average Bonchev–Trinajstić information content (AvgIpc) is 1.79. The lowest BCUT2D eigenvalue weighted by Gasteiger charge is -2.00. The van der Waals surface area contributed by atoms with Gasteiger partial charge in [-0.15, -0.1) is 0 Å². The molecule has 0 aliphatic rings. The average molecular weight is 173 g/mol. The van der Waals surface area contributed by atoms with Gasteiger partial charge in [0, 0.05) is 12.5 Å². The van der Waals surface area contributed by atoms with Gasteiger partial charge in [-0.25, -0.2) is 8.42 Å². The van der Waals surface area contributed by atoms with E-state index in [0.29, 0.717) is 5.57 Å². The van der Waals surface area contributed by atoms with Crippen molar-refractivity contribution in [3.05, 3.63) is 23.3 Å². The van der Waals surface area contributed by atoms with Crippen LogP contribution < -0.4 is 0 Å². The molecule has 11 heavy (non-hydrogen) atoms. The zero-order valence-electron chi connectivity index (χ0n) is 6.66. The van der Waals surface area contributed by atoms with Crippen LogP contribution in [0, 0.1) is 0 Å². The molecule has 0 aliphatic carbocycles. The Bertz CT molecular complexity index is 298. The molecule has 0 unspecified atom stereocenters. The van der Waals surface area contributed by atoms with Crippen LogP contribution in [-0.4, -0.2) is 21.4 Å². The van der Waals surface area contributed by atoms with Crippen molar-refractivity contribution in [3.8, 4) is 0 Å². The third-order valence-electron chi connectivity index (χ3n) is 1.03. The van der Waals surface area contributed by atoms with E-state index < -0.39 is 9.84 Å². The van der Waals surface area contributed by atoms with E-state index in [9.17, 15) is 8.42 Å². The monoisotopic (exact) mass is 173 g/mol. The molecule has 0 bridgehead atoms. The zero-order valence-corrected chi connectivity index (χ0v) is 7.48. The minimum absolute atomic E-state index is 0.132. The molecule has 0 fully saturated rings. The van der Waals surface area contributed by atoms with Gasteiger partial charge in [-0.1, -0.05) is 6.58 Å². The van der Waals surface area contributed by atoms with Gasteiger partial charge in [0.2, 0.25) is 0 Å². The number of sulfone groups is 1. The number of hydrogen-bond donors (Lipinski definition) is 0. The predicted molar refractivity (Wildman–Crippen MR) is 47.3 cm³/mol. The first kappa shape index (κ1) is 10.1. The standard InChI is InChI=1S/C7H11NO2S/c1-6(2)7(5-8-3)11(4,9)10/h5H,1,3H2,2,4H3/b7-5+. The van der Waals surface area contributed by atoms with Crippen molar-refractivity contribution in [2.24, 2.45) is 4.99 Å². The second-order valence-corrected chi connectivity index (χ2v) is 4.21. The third kappa shape index (κ3) is 3.13. The number of rotatable bonds is 3. The van der Waals surface area contributed by atoms with Gasteiger partial charge in [0.15, 0.2) is 9.84 Å². The van der Waals surface area contributed by atoms with E-state index in [2.05, 4.69) is 18.3 Å².